The zero-order chi connectivity index (χ0) is 15.1. The summed E-state index contributed by atoms with van der Waals surface area (Å²) < 4.78 is 17.2. The smallest absolute Gasteiger partial charge is 0.123 e. The van der Waals surface area contributed by atoms with Gasteiger partial charge in [-0.1, -0.05) is 13.0 Å². The normalized spacial score (nSPS) is 23.0. The van der Waals surface area contributed by atoms with E-state index in [1.807, 2.05) is 24.3 Å². The zero-order valence-electron chi connectivity index (χ0n) is 13.4. The number of ether oxygens (including phenoxy) is 3. The van der Waals surface area contributed by atoms with E-state index in [-0.39, 0.29) is 0 Å². The first-order valence-corrected chi connectivity index (χ1v) is 7.91. The van der Waals surface area contributed by atoms with E-state index in [1.54, 1.807) is 0 Å². The first kappa shape index (κ1) is 16.1. The van der Waals surface area contributed by atoms with Crippen LogP contribution in [0.2, 0.25) is 0 Å². The summed E-state index contributed by atoms with van der Waals surface area (Å²) in [5.74, 6) is 1.75. The lowest BCUT2D eigenvalue weighted by atomic mass is 10.2. The topological polar surface area (TPSA) is 30.9 Å². The van der Waals surface area contributed by atoms with Gasteiger partial charge in [0.2, 0.25) is 0 Å². The van der Waals surface area contributed by atoms with Crippen molar-refractivity contribution in [3.63, 3.8) is 0 Å². The molecule has 1 saturated heterocycles. The molecule has 1 aromatic carbocycles. The molecule has 1 fully saturated rings. The van der Waals surface area contributed by atoms with Crippen LogP contribution in [-0.2, 0) is 4.74 Å². The molecule has 21 heavy (non-hydrogen) atoms. The Morgan fingerprint density at radius 2 is 1.71 bits per heavy atom. The first-order chi connectivity index (χ1) is 10.2. The summed E-state index contributed by atoms with van der Waals surface area (Å²) in [5.41, 5.74) is 0. The molecule has 1 heterocycles. The van der Waals surface area contributed by atoms with Crippen molar-refractivity contribution in [1.82, 2.24) is 4.90 Å². The highest BCUT2D eigenvalue weighted by Crippen LogP contribution is 2.19. The number of hydrogen-bond acceptors (Lipinski definition) is 4. The van der Waals surface area contributed by atoms with Gasteiger partial charge in [0.15, 0.2) is 0 Å². The molecule has 0 aromatic heterocycles. The van der Waals surface area contributed by atoms with Crippen molar-refractivity contribution in [2.75, 3.05) is 32.8 Å². The average molecular weight is 293 g/mol. The van der Waals surface area contributed by atoms with Gasteiger partial charge >= 0.3 is 0 Å². The van der Waals surface area contributed by atoms with Crippen LogP contribution in [-0.4, -0.2) is 50.0 Å². The fourth-order valence-corrected chi connectivity index (χ4v) is 2.63. The van der Waals surface area contributed by atoms with E-state index in [9.17, 15) is 0 Å². The fraction of sp³-hybridized carbons (Fsp3) is 0.647. The first-order valence-electron chi connectivity index (χ1n) is 7.91. The largest absolute Gasteiger partial charge is 0.493 e. The highest BCUT2D eigenvalue weighted by Gasteiger charge is 2.21. The third kappa shape index (κ3) is 5.56. The van der Waals surface area contributed by atoms with Crippen LogP contribution < -0.4 is 9.47 Å². The van der Waals surface area contributed by atoms with Crippen molar-refractivity contribution in [2.24, 2.45) is 0 Å². The predicted molar refractivity (Wildman–Crippen MR) is 84.2 cm³/mol. The summed E-state index contributed by atoms with van der Waals surface area (Å²) in [7, 11) is 0. The highest BCUT2D eigenvalue weighted by molar-refractivity contribution is 5.32. The standard InChI is InChI=1S/C17H27NO3/c1-4-9-19-16-6-5-7-17(11-16)20-10-8-18-12-14(2)21-15(3)13-18/h5-7,11,14-15H,4,8-10,12-13H2,1-3H3/t14-,15-/m0/s1. The van der Waals surface area contributed by atoms with Crippen LogP contribution in [0.5, 0.6) is 11.5 Å². The van der Waals surface area contributed by atoms with Crippen LogP contribution >= 0.6 is 0 Å². The molecule has 0 radical (unpaired) electrons. The number of nitrogens with zero attached hydrogens (tertiary/aromatic N) is 1. The van der Waals surface area contributed by atoms with Gasteiger partial charge in [-0.25, -0.2) is 0 Å². The van der Waals surface area contributed by atoms with Gasteiger partial charge in [0.1, 0.15) is 18.1 Å². The third-order valence-corrected chi connectivity index (χ3v) is 3.45. The summed E-state index contributed by atoms with van der Waals surface area (Å²) in [6.07, 6.45) is 1.62. The van der Waals surface area contributed by atoms with Gasteiger partial charge in [-0.2, -0.15) is 0 Å². The Hall–Kier alpha value is -1.26. The number of rotatable bonds is 7. The van der Waals surface area contributed by atoms with E-state index in [4.69, 9.17) is 14.2 Å². The van der Waals surface area contributed by atoms with Gasteiger partial charge in [-0.05, 0) is 32.4 Å². The SMILES string of the molecule is CCCOc1cccc(OCCN2C[C@H](C)O[C@@H](C)C2)c1. The van der Waals surface area contributed by atoms with Crippen LogP contribution in [0.25, 0.3) is 0 Å². The Bertz CT molecular complexity index is 414. The molecular formula is C17H27NO3. The molecule has 0 saturated carbocycles. The van der Waals surface area contributed by atoms with Crippen molar-refractivity contribution >= 4 is 0 Å². The van der Waals surface area contributed by atoms with E-state index >= 15 is 0 Å². The molecule has 1 aliphatic heterocycles. The van der Waals surface area contributed by atoms with Crippen LogP contribution in [0, 0.1) is 0 Å². The predicted octanol–water partition coefficient (Wildman–Crippen LogP) is 2.96. The number of hydrogen-bond donors (Lipinski definition) is 0. The Balaban J connectivity index is 1.75. The third-order valence-electron chi connectivity index (χ3n) is 3.45. The van der Waals surface area contributed by atoms with Gasteiger partial charge in [0.05, 0.1) is 18.8 Å². The summed E-state index contributed by atoms with van der Waals surface area (Å²) in [6.45, 7) is 10.7. The lowest BCUT2D eigenvalue weighted by Crippen LogP contribution is -2.46. The van der Waals surface area contributed by atoms with Gasteiger partial charge in [-0.3, -0.25) is 4.90 Å². The Morgan fingerprint density at radius 1 is 1.10 bits per heavy atom. The second kappa shape index (κ2) is 8.25. The monoisotopic (exact) mass is 293 g/mol. The number of benzene rings is 1. The molecule has 0 unspecified atom stereocenters. The van der Waals surface area contributed by atoms with E-state index in [1.165, 1.54) is 0 Å². The van der Waals surface area contributed by atoms with Crippen LogP contribution in [0.15, 0.2) is 24.3 Å². The molecule has 2 atom stereocenters. The van der Waals surface area contributed by atoms with E-state index in [0.717, 1.165) is 44.2 Å². The lowest BCUT2D eigenvalue weighted by Gasteiger charge is -2.35. The molecular weight excluding hydrogens is 266 g/mol. The maximum atomic E-state index is 5.84. The molecule has 4 heteroatoms. The minimum absolute atomic E-state index is 0.305. The fourth-order valence-electron chi connectivity index (χ4n) is 2.63. The lowest BCUT2D eigenvalue weighted by molar-refractivity contribution is -0.0699. The zero-order valence-corrected chi connectivity index (χ0v) is 13.4. The van der Waals surface area contributed by atoms with E-state index in [0.29, 0.717) is 18.8 Å². The van der Waals surface area contributed by atoms with Crippen molar-refractivity contribution in [3.05, 3.63) is 24.3 Å². The molecule has 0 amide bonds. The molecule has 0 spiro atoms. The molecule has 0 bridgehead atoms. The Kier molecular flexibility index (Phi) is 6.33. The molecule has 118 valence electrons. The molecule has 1 aromatic rings. The van der Waals surface area contributed by atoms with Gasteiger partial charge < -0.3 is 14.2 Å². The van der Waals surface area contributed by atoms with Gasteiger partial charge in [0, 0.05) is 25.7 Å². The molecule has 0 N–H and O–H groups in total. The maximum Gasteiger partial charge on any atom is 0.123 e. The second-order valence-corrected chi connectivity index (χ2v) is 5.69. The quantitative estimate of drug-likeness (QED) is 0.773. The van der Waals surface area contributed by atoms with Crippen molar-refractivity contribution < 1.29 is 14.2 Å². The van der Waals surface area contributed by atoms with Crippen molar-refractivity contribution in [2.45, 2.75) is 39.4 Å². The average Bonchev–Trinajstić information content (AvgIpc) is 2.44. The van der Waals surface area contributed by atoms with E-state index in [2.05, 4.69) is 25.7 Å². The Morgan fingerprint density at radius 3 is 2.33 bits per heavy atom. The van der Waals surface area contributed by atoms with Gasteiger partial charge in [0.25, 0.3) is 0 Å². The highest BCUT2D eigenvalue weighted by atomic mass is 16.5. The summed E-state index contributed by atoms with van der Waals surface area (Å²) >= 11 is 0. The maximum absolute atomic E-state index is 5.84. The number of morpholine rings is 1. The summed E-state index contributed by atoms with van der Waals surface area (Å²) in [5, 5.41) is 0. The molecule has 0 aliphatic carbocycles. The molecule has 2 rings (SSSR count). The minimum Gasteiger partial charge on any atom is -0.493 e. The van der Waals surface area contributed by atoms with Crippen LogP contribution in [0.3, 0.4) is 0 Å². The van der Waals surface area contributed by atoms with Crippen LogP contribution in [0.1, 0.15) is 27.2 Å². The Labute approximate surface area is 128 Å². The molecule has 1 aliphatic rings. The van der Waals surface area contributed by atoms with Crippen LogP contribution in [0.4, 0.5) is 0 Å². The minimum atomic E-state index is 0.305. The van der Waals surface area contributed by atoms with Gasteiger partial charge in [-0.15, -0.1) is 0 Å². The van der Waals surface area contributed by atoms with E-state index < -0.39 is 0 Å². The van der Waals surface area contributed by atoms with Crippen molar-refractivity contribution in [3.8, 4) is 11.5 Å². The van der Waals surface area contributed by atoms with Crippen molar-refractivity contribution in [1.29, 1.82) is 0 Å². The second-order valence-electron chi connectivity index (χ2n) is 5.69. The molecule has 4 nitrogen and oxygen atoms in total. The summed E-state index contributed by atoms with van der Waals surface area (Å²) in [6, 6.07) is 7.87. The summed E-state index contributed by atoms with van der Waals surface area (Å²) in [4.78, 5) is 2.40.